The number of nitrogens with one attached hydrogen (secondary N) is 1. The van der Waals surface area contributed by atoms with Gasteiger partial charge >= 0.3 is 0 Å². The van der Waals surface area contributed by atoms with Crippen LogP contribution in [0, 0.1) is 0 Å². The van der Waals surface area contributed by atoms with Crippen molar-refractivity contribution in [3.05, 3.63) is 39.8 Å². The van der Waals surface area contributed by atoms with E-state index in [4.69, 9.17) is 11.6 Å². The van der Waals surface area contributed by atoms with Gasteiger partial charge in [0.25, 0.3) is 5.91 Å². The Hall–Kier alpha value is -1.48. The van der Waals surface area contributed by atoms with E-state index in [1.165, 1.54) is 31.7 Å². The van der Waals surface area contributed by atoms with Crippen molar-refractivity contribution in [1.82, 2.24) is 9.29 Å². The van der Waals surface area contributed by atoms with Crippen LogP contribution in [0.25, 0.3) is 0 Å². The monoisotopic (exact) mass is 345 g/mol. The van der Waals surface area contributed by atoms with Crippen molar-refractivity contribution in [2.75, 3.05) is 19.4 Å². The van der Waals surface area contributed by atoms with Gasteiger partial charge in [-0.15, -0.1) is 11.3 Å². The molecule has 0 aliphatic carbocycles. The zero-order valence-electron chi connectivity index (χ0n) is 11.2. The van der Waals surface area contributed by atoms with Gasteiger partial charge in [0.15, 0.2) is 5.15 Å². The van der Waals surface area contributed by atoms with Crippen molar-refractivity contribution in [3.8, 4) is 0 Å². The van der Waals surface area contributed by atoms with Crippen LogP contribution in [0.3, 0.4) is 0 Å². The van der Waals surface area contributed by atoms with E-state index in [0.29, 0.717) is 5.69 Å². The molecule has 0 fully saturated rings. The SMILES string of the molecule is CN(C)S(=O)(=O)c1csc(C(=O)Nc2cccnc2Cl)c1. The lowest BCUT2D eigenvalue weighted by Crippen LogP contribution is -2.21. The number of anilines is 1. The summed E-state index contributed by atoms with van der Waals surface area (Å²) >= 11 is 6.90. The number of halogens is 1. The second-order valence-corrected chi connectivity index (χ2v) is 7.65. The molecule has 0 aliphatic heterocycles. The van der Waals surface area contributed by atoms with Crippen LogP contribution in [0.1, 0.15) is 9.67 Å². The lowest BCUT2D eigenvalue weighted by Gasteiger charge is -2.08. The molecule has 2 aromatic heterocycles. The van der Waals surface area contributed by atoms with Gasteiger partial charge in [0.1, 0.15) is 0 Å². The second kappa shape index (κ2) is 6.10. The number of pyridine rings is 1. The molecular formula is C12H12ClN3O3S2. The van der Waals surface area contributed by atoms with E-state index in [1.54, 1.807) is 12.1 Å². The number of carbonyl (C=O) groups excluding carboxylic acids is 1. The number of rotatable bonds is 4. The van der Waals surface area contributed by atoms with Crippen LogP contribution in [0.2, 0.25) is 5.15 Å². The maximum absolute atomic E-state index is 12.1. The van der Waals surface area contributed by atoms with Crippen LogP contribution < -0.4 is 5.32 Å². The first-order valence-electron chi connectivity index (χ1n) is 5.75. The van der Waals surface area contributed by atoms with Gasteiger partial charge in [-0.1, -0.05) is 11.6 Å². The van der Waals surface area contributed by atoms with E-state index < -0.39 is 15.9 Å². The normalized spacial score (nSPS) is 11.6. The molecule has 0 spiro atoms. The third kappa shape index (κ3) is 3.41. The number of aromatic nitrogens is 1. The Labute approximate surface area is 131 Å². The quantitative estimate of drug-likeness (QED) is 0.862. The molecule has 21 heavy (non-hydrogen) atoms. The maximum Gasteiger partial charge on any atom is 0.265 e. The van der Waals surface area contributed by atoms with E-state index in [9.17, 15) is 13.2 Å². The zero-order valence-corrected chi connectivity index (χ0v) is 13.6. The molecule has 112 valence electrons. The van der Waals surface area contributed by atoms with Gasteiger partial charge < -0.3 is 5.32 Å². The van der Waals surface area contributed by atoms with Crippen molar-refractivity contribution < 1.29 is 13.2 Å². The minimum Gasteiger partial charge on any atom is -0.319 e. The first-order chi connectivity index (χ1) is 9.82. The summed E-state index contributed by atoms with van der Waals surface area (Å²) in [5, 5.41) is 4.18. The minimum absolute atomic E-state index is 0.0833. The number of nitrogens with zero attached hydrogens (tertiary/aromatic N) is 2. The smallest absolute Gasteiger partial charge is 0.265 e. The number of hydrogen-bond acceptors (Lipinski definition) is 5. The molecule has 2 rings (SSSR count). The van der Waals surface area contributed by atoms with Crippen molar-refractivity contribution in [2.45, 2.75) is 4.90 Å². The molecule has 6 nitrogen and oxygen atoms in total. The molecular weight excluding hydrogens is 334 g/mol. The Balaban J connectivity index is 2.23. The van der Waals surface area contributed by atoms with Crippen molar-refractivity contribution >= 4 is 44.6 Å². The van der Waals surface area contributed by atoms with E-state index >= 15 is 0 Å². The summed E-state index contributed by atoms with van der Waals surface area (Å²) < 4.78 is 25.0. The number of amides is 1. The average Bonchev–Trinajstić information content (AvgIpc) is 2.91. The summed E-state index contributed by atoms with van der Waals surface area (Å²) in [6, 6.07) is 4.58. The lowest BCUT2D eigenvalue weighted by molar-refractivity contribution is 0.103. The highest BCUT2D eigenvalue weighted by Gasteiger charge is 2.21. The predicted molar refractivity (Wildman–Crippen MR) is 82.4 cm³/mol. The summed E-state index contributed by atoms with van der Waals surface area (Å²) in [6.07, 6.45) is 1.50. The Bertz CT molecular complexity index is 772. The maximum atomic E-state index is 12.1. The van der Waals surface area contributed by atoms with E-state index in [1.807, 2.05) is 0 Å². The van der Waals surface area contributed by atoms with Crippen molar-refractivity contribution in [2.24, 2.45) is 0 Å². The van der Waals surface area contributed by atoms with E-state index in [2.05, 4.69) is 10.3 Å². The summed E-state index contributed by atoms with van der Waals surface area (Å²) in [4.78, 5) is 16.3. The third-order valence-electron chi connectivity index (χ3n) is 2.59. The molecule has 0 aromatic carbocycles. The van der Waals surface area contributed by atoms with Crippen LogP contribution in [-0.2, 0) is 10.0 Å². The average molecular weight is 346 g/mol. The molecule has 2 aromatic rings. The summed E-state index contributed by atoms with van der Waals surface area (Å²) in [6.45, 7) is 0. The highest BCUT2D eigenvalue weighted by atomic mass is 35.5. The summed E-state index contributed by atoms with van der Waals surface area (Å²) in [7, 11) is -0.680. The van der Waals surface area contributed by atoms with E-state index in [-0.39, 0.29) is 14.9 Å². The van der Waals surface area contributed by atoms with Crippen LogP contribution in [0.4, 0.5) is 5.69 Å². The largest absolute Gasteiger partial charge is 0.319 e. The molecule has 0 saturated carbocycles. The molecule has 1 N–H and O–H groups in total. The molecule has 0 radical (unpaired) electrons. The fraction of sp³-hybridized carbons (Fsp3) is 0.167. The Kier molecular flexibility index (Phi) is 4.62. The summed E-state index contributed by atoms with van der Waals surface area (Å²) in [5.41, 5.74) is 0.370. The molecule has 2 heterocycles. The Morgan fingerprint density at radius 3 is 2.76 bits per heavy atom. The minimum atomic E-state index is -3.55. The van der Waals surface area contributed by atoms with Gasteiger partial charge in [0.05, 0.1) is 15.5 Å². The summed E-state index contributed by atoms with van der Waals surface area (Å²) in [5.74, 6) is -0.435. The van der Waals surface area contributed by atoms with Crippen LogP contribution in [0.15, 0.2) is 34.7 Å². The highest BCUT2D eigenvalue weighted by molar-refractivity contribution is 7.89. The zero-order chi connectivity index (χ0) is 15.6. The first-order valence-corrected chi connectivity index (χ1v) is 8.45. The van der Waals surface area contributed by atoms with E-state index in [0.717, 1.165) is 15.6 Å². The number of thiophene rings is 1. The lowest BCUT2D eigenvalue weighted by atomic mass is 10.4. The van der Waals surface area contributed by atoms with Crippen molar-refractivity contribution in [3.63, 3.8) is 0 Å². The molecule has 0 atom stereocenters. The molecule has 0 saturated heterocycles. The predicted octanol–water partition coefficient (Wildman–Crippen LogP) is 2.30. The fourth-order valence-corrected chi connectivity index (χ4v) is 3.67. The topological polar surface area (TPSA) is 79.4 Å². The van der Waals surface area contributed by atoms with Crippen molar-refractivity contribution in [1.29, 1.82) is 0 Å². The van der Waals surface area contributed by atoms with Gasteiger partial charge in [-0.3, -0.25) is 4.79 Å². The van der Waals surface area contributed by atoms with Gasteiger partial charge in [-0.05, 0) is 18.2 Å². The van der Waals surface area contributed by atoms with Gasteiger partial charge in [0.2, 0.25) is 10.0 Å². The van der Waals surface area contributed by atoms with Crippen LogP contribution in [0.5, 0.6) is 0 Å². The fourth-order valence-electron chi connectivity index (χ4n) is 1.45. The molecule has 9 heteroatoms. The number of carbonyl (C=O) groups is 1. The number of sulfonamides is 1. The van der Waals surface area contributed by atoms with Crippen LogP contribution in [-0.4, -0.2) is 37.7 Å². The molecule has 1 amide bonds. The molecule has 0 bridgehead atoms. The van der Waals surface area contributed by atoms with Gasteiger partial charge in [-0.2, -0.15) is 0 Å². The molecule has 0 unspecified atom stereocenters. The van der Waals surface area contributed by atoms with Crippen LogP contribution >= 0.6 is 22.9 Å². The Morgan fingerprint density at radius 1 is 1.43 bits per heavy atom. The second-order valence-electron chi connectivity index (χ2n) is 4.23. The van der Waals surface area contributed by atoms with Gasteiger partial charge in [-0.25, -0.2) is 17.7 Å². The Morgan fingerprint density at radius 2 is 2.14 bits per heavy atom. The third-order valence-corrected chi connectivity index (χ3v) is 5.76. The molecule has 0 aliphatic rings. The number of hydrogen-bond donors (Lipinski definition) is 1. The highest BCUT2D eigenvalue weighted by Crippen LogP contribution is 2.24. The first kappa shape index (κ1) is 15.9. The standard InChI is InChI=1S/C12H12ClN3O3S2/c1-16(2)21(18,19)8-6-10(20-7-8)12(17)15-9-4-3-5-14-11(9)13/h3-7H,1-2H3,(H,15,17). The van der Waals surface area contributed by atoms with Gasteiger partial charge in [0, 0.05) is 25.7 Å².